The molecular weight excluding hydrogens is 370 g/mol. The number of nitrogens with one attached hydrogen (secondary N) is 2. The number of benzene rings is 2. The van der Waals surface area contributed by atoms with Crippen LogP contribution in [0.15, 0.2) is 59.8 Å². The van der Waals surface area contributed by atoms with Crippen LogP contribution in [0.5, 0.6) is 5.75 Å². The van der Waals surface area contributed by atoms with E-state index in [0.29, 0.717) is 23.6 Å². The molecule has 7 heteroatoms. The Balaban J connectivity index is 1.74. The highest BCUT2D eigenvalue weighted by atomic mass is 16.5. The van der Waals surface area contributed by atoms with E-state index in [9.17, 15) is 9.59 Å². The Kier molecular flexibility index (Phi) is 5.12. The normalized spacial score (nSPS) is 18.1. The first-order valence-electron chi connectivity index (χ1n) is 9.46. The minimum atomic E-state index is -0.626. The van der Waals surface area contributed by atoms with E-state index < -0.39 is 12.0 Å². The van der Waals surface area contributed by atoms with Gasteiger partial charge in [-0.2, -0.15) is 0 Å². The van der Waals surface area contributed by atoms with Crippen LogP contribution in [-0.4, -0.2) is 39.3 Å². The molecule has 0 fully saturated rings. The molecule has 0 bridgehead atoms. The molecule has 0 saturated carbocycles. The SMILES string of the molecule is COC(=O)C1=C(CN2CCc3ccccc32)NC(=O)N[C@@H]1c1cccc(OC)c1. The largest absolute Gasteiger partial charge is 0.497 e. The molecule has 2 amide bonds. The summed E-state index contributed by atoms with van der Waals surface area (Å²) >= 11 is 0. The average molecular weight is 393 g/mol. The second kappa shape index (κ2) is 7.87. The lowest BCUT2D eigenvalue weighted by atomic mass is 9.94. The van der Waals surface area contributed by atoms with Crippen molar-refractivity contribution in [3.05, 3.63) is 70.9 Å². The van der Waals surface area contributed by atoms with E-state index in [2.05, 4.69) is 27.7 Å². The third kappa shape index (κ3) is 3.63. The van der Waals surface area contributed by atoms with Crippen molar-refractivity contribution in [2.24, 2.45) is 0 Å². The smallest absolute Gasteiger partial charge is 0.338 e. The Morgan fingerprint density at radius 2 is 2.00 bits per heavy atom. The highest BCUT2D eigenvalue weighted by molar-refractivity contribution is 5.95. The van der Waals surface area contributed by atoms with Crippen molar-refractivity contribution in [1.82, 2.24) is 10.6 Å². The molecule has 0 unspecified atom stereocenters. The standard InChI is InChI=1S/C22H23N3O4/c1-28-16-8-5-7-15(12-16)20-19(21(26)29-2)17(23-22(27)24-20)13-25-11-10-14-6-3-4-9-18(14)25/h3-9,12,20H,10-11,13H2,1-2H3,(H2,23,24,27)/t20-/m1/s1. The van der Waals surface area contributed by atoms with E-state index in [0.717, 1.165) is 24.2 Å². The first-order valence-corrected chi connectivity index (χ1v) is 9.46. The van der Waals surface area contributed by atoms with E-state index >= 15 is 0 Å². The minimum Gasteiger partial charge on any atom is -0.497 e. The number of esters is 1. The van der Waals surface area contributed by atoms with Gasteiger partial charge in [-0.3, -0.25) is 0 Å². The number of methoxy groups -OCH3 is 2. The predicted molar refractivity (Wildman–Crippen MR) is 109 cm³/mol. The van der Waals surface area contributed by atoms with Gasteiger partial charge in [0.15, 0.2) is 0 Å². The number of anilines is 1. The molecular formula is C22H23N3O4. The molecule has 150 valence electrons. The van der Waals surface area contributed by atoms with Gasteiger partial charge in [0.1, 0.15) is 5.75 Å². The average Bonchev–Trinajstić information content (AvgIpc) is 3.16. The molecule has 0 saturated heterocycles. The fourth-order valence-electron chi connectivity index (χ4n) is 3.93. The van der Waals surface area contributed by atoms with Crippen molar-refractivity contribution in [3.63, 3.8) is 0 Å². The summed E-state index contributed by atoms with van der Waals surface area (Å²) in [6, 6.07) is 14.5. The van der Waals surface area contributed by atoms with Crippen LogP contribution in [-0.2, 0) is 16.0 Å². The van der Waals surface area contributed by atoms with E-state index in [1.807, 2.05) is 36.4 Å². The number of amides is 2. The van der Waals surface area contributed by atoms with Gasteiger partial charge in [0.25, 0.3) is 0 Å². The number of urea groups is 1. The summed E-state index contributed by atoms with van der Waals surface area (Å²) in [7, 11) is 2.92. The Morgan fingerprint density at radius 3 is 2.79 bits per heavy atom. The first kappa shape index (κ1) is 18.9. The third-order valence-corrected chi connectivity index (χ3v) is 5.32. The van der Waals surface area contributed by atoms with Gasteiger partial charge in [0.05, 0.1) is 38.1 Å². The molecule has 2 aliphatic heterocycles. The molecule has 0 aliphatic carbocycles. The van der Waals surface area contributed by atoms with Crippen LogP contribution in [0.1, 0.15) is 17.2 Å². The number of hydrogen-bond acceptors (Lipinski definition) is 5. The van der Waals surface area contributed by atoms with Gasteiger partial charge >= 0.3 is 12.0 Å². The number of nitrogens with zero attached hydrogens (tertiary/aromatic N) is 1. The molecule has 2 aliphatic rings. The first-order chi connectivity index (χ1) is 14.1. The Labute approximate surface area is 169 Å². The van der Waals surface area contributed by atoms with E-state index in [1.165, 1.54) is 12.7 Å². The second-order valence-electron chi connectivity index (χ2n) is 6.99. The topological polar surface area (TPSA) is 79.9 Å². The van der Waals surface area contributed by atoms with E-state index in [1.54, 1.807) is 7.11 Å². The van der Waals surface area contributed by atoms with Crippen molar-refractivity contribution in [2.45, 2.75) is 12.5 Å². The molecule has 2 N–H and O–H groups in total. The lowest BCUT2D eigenvalue weighted by Gasteiger charge is -2.31. The summed E-state index contributed by atoms with van der Waals surface area (Å²) in [6.45, 7) is 1.24. The van der Waals surface area contributed by atoms with Crippen LogP contribution in [0, 0.1) is 0 Å². The number of ether oxygens (including phenoxy) is 2. The zero-order valence-corrected chi connectivity index (χ0v) is 16.4. The summed E-state index contributed by atoms with van der Waals surface area (Å²) in [5, 5.41) is 5.66. The van der Waals surface area contributed by atoms with Gasteiger partial charge in [0, 0.05) is 12.2 Å². The zero-order chi connectivity index (χ0) is 20.4. The molecule has 0 radical (unpaired) electrons. The number of carbonyl (C=O) groups excluding carboxylic acids is 2. The molecule has 29 heavy (non-hydrogen) atoms. The van der Waals surface area contributed by atoms with Crippen LogP contribution in [0.25, 0.3) is 0 Å². The zero-order valence-electron chi connectivity index (χ0n) is 16.4. The molecule has 2 heterocycles. The predicted octanol–water partition coefficient (Wildman–Crippen LogP) is 2.54. The molecule has 1 atom stereocenters. The van der Waals surface area contributed by atoms with Crippen LogP contribution < -0.4 is 20.3 Å². The minimum absolute atomic E-state index is 0.354. The van der Waals surface area contributed by atoms with Gasteiger partial charge in [0.2, 0.25) is 0 Å². The summed E-state index contributed by atoms with van der Waals surface area (Å²) < 4.78 is 10.4. The fraction of sp³-hybridized carbons (Fsp3) is 0.273. The van der Waals surface area contributed by atoms with Crippen molar-refractivity contribution in [1.29, 1.82) is 0 Å². The third-order valence-electron chi connectivity index (χ3n) is 5.32. The maximum Gasteiger partial charge on any atom is 0.338 e. The number of rotatable bonds is 5. The summed E-state index contributed by atoms with van der Waals surface area (Å²) in [4.78, 5) is 27.3. The maximum atomic E-state index is 12.7. The lowest BCUT2D eigenvalue weighted by Crippen LogP contribution is -2.48. The second-order valence-corrected chi connectivity index (χ2v) is 6.99. The molecule has 2 aromatic carbocycles. The van der Waals surface area contributed by atoms with Gasteiger partial charge in [-0.25, -0.2) is 9.59 Å². The molecule has 4 rings (SSSR count). The summed E-state index contributed by atoms with van der Waals surface area (Å²) in [5.74, 6) is 0.169. The van der Waals surface area contributed by atoms with Crippen molar-refractivity contribution in [2.75, 3.05) is 32.2 Å². The van der Waals surface area contributed by atoms with Crippen molar-refractivity contribution in [3.8, 4) is 5.75 Å². The number of para-hydroxylation sites is 1. The molecule has 0 spiro atoms. The van der Waals surface area contributed by atoms with Gasteiger partial charge < -0.3 is 25.0 Å². The number of fused-ring (bicyclic) bond motifs is 1. The summed E-state index contributed by atoms with van der Waals surface area (Å²) in [6.07, 6.45) is 0.933. The Hall–Kier alpha value is -3.48. The monoisotopic (exact) mass is 393 g/mol. The number of carbonyl (C=O) groups is 2. The van der Waals surface area contributed by atoms with Crippen molar-refractivity contribution >= 4 is 17.7 Å². The van der Waals surface area contributed by atoms with E-state index in [-0.39, 0.29) is 6.03 Å². The van der Waals surface area contributed by atoms with Gasteiger partial charge in [-0.05, 0) is 35.7 Å². The van der Waals surface area contributed by atoms with Crippen LogP contribution >= 0.6 is 0 Å². The highest BCUT2D eigenvalue weighted by Crippen LogP contribution is 2.32. The Bertz CT molecular complexity index is 986. The van der Waals surface area contributed by atoms with Gasteiger partial charge in [-0.1, -0.05) is 30.3 Å². The highest BCUT2D eigenvalue weighted by Gasteiger charge is 2.35. The molecule has 7 nitrogen and oxygen atoms in total. The van der Waals surface area contributed by atoms with Crippen LogP contribution in [0.3, 0.4) is 0 Å². The van der Waals surface area contributed by atoms with Crippen LogP contribution in [0.4, 0.5) is 10.5 Å². The molecule has 0 aromatic heterocycles. The van der Waals surface area contributed by atoms with E-state index in [4.69, 9.17) is 9.47 Å². The lowest BCUT2D eigenvalue weighted by molar-refractivity contribution is -0.136. The van der Waals surface area contributed by atoms with Crippen LogP contribution in [0.2, 0.25) is 0 Å². The maximum absolute atomic E-state index is 12.7. The Morgan fingerprint density at radius 1 is 1.17 bits per heavy atom. The quantitative estimate of drug-likeness (QED) is 0.763. The molecule has 2 aromatic rings. The van der Waals surface area contributed by atoms with Gasteiger partial charge in [-0.15, -0.1) is 0 Å². The summed E-state index contributed by atoms with van der Waals surface area (Å²) in [5.41, 5.74) is 4.07. The number of hydrogen-bond donors (Lipinski definition) is 2. The van der Waals surface area contributed by atoms with Crippen molar-refractivity contribution < 1.29 is 19.1 Å². The fourth-order valence-corrected chi connectivity index (χ4v) is 3.93.